The summed E-state index contributed by atoms with van der Waals surface area (Å²) in [6.07, 6.45) is 1.19. The zero-order chi connectivity index (χ0) is 20.0. The van der Waals surface area contributed by atoms with Crippen molar-refractivity contribution in [1.82, 2.24) is 10.6 Å². The lowest BCUT2D eigenvalue weighted by molar-refractivity contribution is -0.384. The fraction of sp³-hybridized carbons (Fsp3) is 0.278. The Morgan fingerprint density at radius 1 is 1.07 bits per heavy atom. The average molecular weight is 390 g/mol. The topological polar surface area (TPSA) is 114 Å². The number of sulfone groups is 1. The van der Waals surface area contributed by atoms with Crippen LogP contribution in [0.25, 0.3) is 0 Å². The van der Waals surface area contributed by atoms with E-state index in [1.54, 1.807) is 38.2 Å². The van der Waals surface area contributed by atoms with E-state index >= 15 is 0 Å². The van der Waals surface area contributed by atoms with E-state index in [1.807, 2.05) is 6.07 Å². The zero-order valence-electron chi connectivity index (χ0n) is 15.4. The summed E-state index contributed by atoms with van der Waals surface area (Å²) >= 11 is 0. The van der Waals surface area contributed by atoms with Gasteiger partial charge in [-0.3, -0.25) is 15.1 Å². The molecule has 8 nitrogen and oxygen atoms in total. The SMILES string of the molecule is CN=C(NCc1ccc([N+](=O)[O-])cc1)NCc1ccc(S(C)(=O)=O)c(C)c1. The molecule has 0 amide bonds. The Labute approximate surface area is 158 Å². The highest BCUT2D eigenvalue weighted by molar-refractivity contribution is 7.90. The van der Waals surface area contributed by atoms with Gasteiger partial charge in [-0.15, -0.1) is 0 Å². The van der Waals surface area contributed by atoms with Crippen LogP contribution in [-0.2, 0) is 22.9 Å². The lowest BCUT2D eigenvalue weighted by Gasteiger charge is -2.13. The number of aryl methyl sites for hydroxylation is 1. The molecule has 0 saturated carbocycles. The lowest BCUT2D eigenvalue weighted by atomic mass is 10.1. The van der Waals surface area contributed by atoms with E-state index in [0.717, 1.165) is 11.1 Å². The first-order valence-electron chi connectivity index (χ1n) is 8.18. The average Bonchev–Trinajstić information content (AvgIpc) is 2.61. The van der Waals surface area contributed by atoms with Gasteiger partial charge in [-0.1, -0.05) is 24.3 Å². The Morgan fingerprint density at radius 2 is 1.63 bits per heavy atom. The molecule has 0 aliphatic rings. The highest BCUT2D eigenvalue weighted by atomic mass is 32.2. The van der Waals surface area contributed by atoms with Gasteiger partial charge in [-0.05, 0) is 29.7 Å². The second-order valence-electron chi connectivity index (χ2n) is 6.07. The van der Waals surface area contributed by atoms with Crippen LogP contribution < -0.4 is 10.6 Å². The number of aliphatic imine (C=N–C) groups is 1. The molecule has 27 heavy (non-hydrogen) atoms. The molecule has 2 N–H and O–H groups in total. The van der Waals surface area contributed by atoms with Gasteiger partial charge in [0, 0.05) is 38.5 Å². The van der Waals surface area contributed by atoms with E-state index < -0.39 is 14.8 Å². The summed E-state index contributed by atoms with van der Waals surface area (Å²) in [5, 5.41) is 17.0. The maximum absolute atomic E-state index is 11.7. The summed E-state index contributed by atoms with van der Waals surface area (Å²) < 4.78 is 23.3. The van der Waals surface area contributed by atoms with E-state index in [9.17, 15) is 18.5 Å². The molecular weight excluding hydrogens is 368 g/mol. The summed E-state index contributed by atoms with van der Waals surface area (Å²) in [6, 6.07) is 11.5. The van der Waals surface area contributed by atoms with E-state index in [2.05, 4.69) is 15.6 Å². The minimum Gasteiger partial charge on any atom is -0.352 e. The molecule has 0 unspecified atom stereocenters. The van der Waals surface area contributed by atoms with E-state index in [4.69, 9.17) is 0 Å². The quantitative estimate of drug-likeness (QED) is 0.338. The van der Waals surface area contributed by atoms with Crippen molar-refractivity contribution in [2.75, 3.05) is 13.3 Å². The van der Waals surface area contributed by atoms with E-state index in [0.29, 0.717) is 29.5 Å². The van der Waals surface area contributed by atoms with Crippen molar-refractivity contribution in [3.05, 3.63) is 69.3 Å². The van der Waals surface area contributed by atoms with Crippen LogP contribution in [-0.4, -0.2) is 32.6 Å². The fourth-order valence-electron chi connectivity index (χ4n) is 2.57. The van der Waals surface area contributed by atoms with Crippen molar-refractivity contribution in [1.29, 1.82) is 0 Å². The molecule has 2 aromatic carbocycles. The molecule has 2 aromatic rings. The van der Waals surface area contributed by atoms with Crippen LogP contribution in [0.4, 0.5) is 5.69 Å². The molecule has 0 saturated heterocycles. The predicted molar refractivity (Wildman–Crippen MR) is 104 cm³/mol. The number of nitrogens with one attached hydrogen (secondary N) is 2. The van der Waals surface area contributed by atoms with Gasteiger partial charge in [-0.2, -0.15) is 0 Å². The van der Waals surface area contributed by atoms with Crippen LogP contribution >= 0.6 is 0 Å². The molecule has 0 aliphatic heterocycles. The standard InChI is InChI=1S/C18H22N4O4S/c1-13-10-15(6-9-17(13)27(3,25)26)12-21-18(19-2)20-11-14-4-7-16(8-5-14)22(23)24/h4-10H,11-12H2,1-3H3,(H2,19,20,21). The van der Waals surface area contributed by atoms with Crippen LogP contribution in [0.1, 0.15) is 16.7 Å². The van der Waals surface area contributed by atoms with Gasteiger partial charge in [0.2, 0.25) is 0 Å². The number of hydrogen-bond acceptors (Lipinski definition) is 5. The Balaban J connectivity index is 1.94. The third-order valence-corrected chi connectivity index (χ3v) is 5.19. The van der Waals surface area contributed by atoms with Crippen molar-refractivity contribution in [2.24, 2.45) is 4.99 Å². The molecule has 0 radical (unpaired) electrons. The normalized spacial score (nSPS) is 11.9. The summed E-state index contributed by atoms with van der Waals surface area (Å²) in [7, 11) is -1.59. The van der Waals surface area contributed by atoms with Crippen LogP contribution in [0.3, 0.4) is 0 Å². The van der Waals surface area contributed by atoms with Gasteiger partial charge in [0.05, 0.1) is 9.82 Å². The fourth-order valence-corrected chi connectivity index (χ4v) is 3.52. The van der Waals surface area contributed by atoms with Gasteiger partial charge in [0.15, 0.2) is 15.8 Å². The number of nitro benzene ring substituents is 1. The molecule has 2 rings (SSSR count). The number of nitrogens with zero attached hydrogens (tertiary/aromatic N) is 2. The number of hydrogen-bond donors (Lipinski definition) is 2. The van der Waals surface area contributed by atoms with Crippen molar-refractivity contribution in [3.8, 4) is 0 Å². The first kappa shape index (κ1) is 20.4. The Bertz CT molecular complexity index is 954. The van der Waals surface area contributed by atoms with Crippen LogP contribution in [0.5, 0.6) is 0 Å². The van der Waals surface area contributed by atoms with Crippen LogP contribution in [0.2, 0.25) is 0 Å². The Kier molecular flexibility index (Phi) is 6.51. The number of nitro groups is 1. The number of guanidine groups is 1. The highest BCUT2D eigenvalue weighted by Gasteiger charge is 2.11. The van der Waals surface area contributed by atoms with Crippen molar-refractivity contribution in [3.63, 3.8) is 0 Å². The molecular formula is C18H22N4O4S. The molecule has 0 aliphatic carbocycles. The Hall–Kier alpha value is -2.94. The number of benzene rings is 2. The predicted octanol–water partition coefficient (Wildman–Crippen LogP) is 2.17. The second-order valence-corrected chi connectivity index (χ2v) is 8.06. The largest absolute Gasteiger partial charge is 0.352 e. The van der Waals surface area contributed by atoms with E-state index in [-0.39, 0.29) is 5.69 Å². The van der Waals surface area contributed by atoms with Crippen molar-refractivity contribution in [2.45, 2.75) is 24.9 Å². The molecule has 0 aromatic heterocycles. The van der Waals surface area contributed by atoms with Gasteiger partial charge in [0.25, 0.3) is 5.69 Å². The molecule has 0 spiro atoms. The maximum atomic E-state index is 11.7. The molecule has 0 fully saturated rings. The number of rotatable bonds is 6. The molecule has 9 heteroatoms. The van der Waals surface area contributed by atoms with Crippen LogP contribution in [0, 0.1) is 17.0 Å². The summed E-state index contributed by atoms with van der Waals surface area (Å²) in [4.78, 5) is 14.7. The molecule has 144 valence electrons. The van der Waals surface area contributed by atoms with Crippen molar-refractivity contribution >= 4 is 21.5 Å². The molecule has 0 heterocycles. The maximum Gasteiger partial charge on any atom is 0.269 e. The van der Waals surface area contributed by atoms with Gasteiger partial charge in [-0.25, -0.2) is 8.42 Å². The third kappa shape index (κ3) is 5.78. The van der Waals surface area contributed by atoms with Crippen molar-refractivity contribution < 1.29 is 13.3 Å². The monoisotopic (exact) mass is 390 g/mol. The van der Waals surface area contributed by atoms with E-state index in [1.165, 1.54) is 18.4 Å². The third-order valence-electron chi connectivity index (χ3n) is 3.93. The van der Waals surface area contributed by atoms with Gasteiger partial charge < -0.3 is 10.6 Å². The minimum absolute atomic E-state index is 0.0502. The second kappa shape index (κ2) is 8.63. The first-order chi connectivity index (χ1) is 12.7. The number of non-ortho nitro benzene ring substituents is 1. The molecule has 0 atom stereocenters. The van der Waals surface area contributed by atoms with Crippen LogP contribution in [0.15, 0.2) is 52.4 Å². The summed E-state index contributed by atoms with van der Waals surface area (Å²) in [5.41, 5.74) is 2.56. The van der Waals surface area contributed by atoms with Gasteiger partial charge in [0.1, 0.15) is 0 Å². The van der Waals surface area contributed by atoms with Gasteiger partial charge >= 0.3 is 0 Å². The minimum atomic E-state index is -3.23. The molecule has 0 bridgehead atoms. The summed E-state index contributed by atoms with van der Waals surface area (Å²) in [5.74, 6) is 0.568. The summed E-state index contributed by atoms with van der Waals surface area (Å²) in [6.45, 7) is 2.70. The lowest BCUT2D eigenvalue weighted by Crippen LogP contribution is -2.36. The Morgan fingerprint density at radius 3 is 2.11 bits per heavy atom. The zero-order valence-corrected chi connectivity index (χ0v) is 16.2. The highest BCUT2D eigenvalue weighted by Crippen LogP contribution is 2.16. The first-order valence-corrected chi connectivity index (χ1v) is 10.1. The smallest absolute Gasteiger partial charge is 0.269 e.